The van der Waals surface area contributed by atoms with Crippen LogP contribution in [-0.4, -0.2) is 20.9 Å². The smallest absolute Gasteiger partial charge is 0.240 e. The number of amides is 1. The van der Waals surface area contributed by atoms with Crippen LogP contribution in [-0.2, 0) is 14.8 Å². The summed E-state index contributed by atoms with van der Waals surface area (Å²) in [5, 5.41) is 3.05. The molecule has 0 aliphatic carbocycles. The number of carbonyl (C=O) groups excluding carboxylic acids is 1. The Labute approximate surface area is 169 Å². The molecule has 0 aliphatic heterocycles. The van der Waals surface area contributed by atoms with E-state index in [1.807, 2.05) is 13.8 Å². The van der Waals surface area contributed by atoms with Crippen LogP contribution >= 0.6 is 23.2 Å². The maximum atomic E-state index is 12.3. The van der Waals surface area contributed by atoms with Crippen LogP contribution in [0.4, 0.5) is 11.4 Å². The molecule has 6 nitrogen and oxygen atoms in total. The first-order valence-electron chi connectivity index (χ1n) is 8.24. The van der Waals surface area contributed by atoms with Crippen molar-refractivity contribution in [2.24, 2.45) is 0 Å². The zero-order valence-electron chi connectivity index (χ0n) is 14.9. The van der Waals surface area contributed by atoms with Crippen LogP contribution in [0, 0.1) is 0 Å². The Hall–Kier alpha value is -1.80. The van der Waals surface area contributed by atoms with Gasteiger partial charge in [-0.25, -0.2) is 13.1 Å². The van der Waals surface area contributed by atoms with E-state index in [-0.39, 0.29) is 39.5 Å². The highest BCUT2D eigenvalue weighted by Gasteiger charge is 2.15. The molecule has 0 saturated heterocycles. The lowest BCUT2D eigenvalue weighted by Crippen LogP contribution is -2.27. The molecule has 0 fully saturated rings. The fraction of sp³-hybridized carbons (Fsp3) is 0.278. The Kier molecular flexibility index (Phi) is 7.11. The number of anilines is 2. The number of hydrogen-bond acceptors (Lipinski definition) is 4. The Morgan fingerprint density at radius 2 is 1.67 bits per heavy atom. The van der Waals surface area contributed by atoms with Gasteiger partial charge in [0.15, 0.2) is 0 Å². The molecule has 27 heavy (non-hydrogen) atoms. The number of rotatable bonds is 7. The van der Waals surface area contributed by atoms with Crippen LogP contribution in [0.5, 0.6) is 0 Å². The van der Waals surface area contributed by atoms with E-state index in [0.29, 0.717) is 11.6 Å². The van der Waals surface area contributed by atoms with Gasteiger partial charge in [-0.2, -0.15) is 0 Å². The minimum Gasteiger partial charge on any atom is -0.396 e. The number of halogens is 2. The Morgan fingerprint density at radius 3 is 2.19 bits per heavy atom. The first-order chi connectivity index (χ1) is 12.6. The van der Waals surface area contributed by atoms with Crippen LogP contribution in [0.25, 0.3) is 0 Å². The maximum Gasteiger partial charge on any atom is 0.240 e. The van der Waals surface area contributed by atoms with Crippen molar-refractivity contribution < 1.29 is 13.2 Å². The van der Waals surface area contributed by atoms with E-state index < -0.39 is 10.0 Å². The Bertz CT molecular complexity index is 906. The van der Waals surface area contributed by atoms with Crippen molar-refractivity contribution in [3.05, 3.63) is 52.0 Å². The van der Waals surface area contributed by atoms with Gasteiger partial charge in [-0.1, -0.05) is 49.2 Å². The summed E-state index contributed by atoms with van der Waals surface area (Å²) in [5.74, 6) is -0.0708. The molecule has 2 aromatic rings. The molecule has 9 heteroatoms. The number of carbonyl (C=O) groups is 1. The van der Waals surface area contributed by atoms with Gasteiger partial charge in [0.05, 0.1) is 20.6 Å². The van der Waals surface area contributed by atoms with Gasteiger partial charge in [0, 0.05) is 18.7 Å². The molecule has 2 aromatic carbocycles. The van der Waals surface area contributed by atoms with Crippen molar-refractivity contribution in [3.63, 3.8) is 0 Å². The maximum absolute atomic E-state index is 12.3. The molecule has 0 bridgehead atoms. The molecule has 0 saturated carbocycles. The van der Waals surface area contributed by atoms with Crippen molar-refractivity contribution in [2.45, 2.75) is 31.1 Å². The summed E-state index contributed by atoms with van der Waals surface area (Å²) in [7, 11) is -3.68. The number of nitrogens with two attached hydrogens (primary N) is 1. The minimum absolute atomic E-state index is 0.0451. The molecule has 0 atom stereocenters. The van der Waals surface area contributed by atoms with Crippen molar-refractivity contribution in [1.29, 1.82) is 0 Å². The van der Waals surface area contributed by atoms with E-state index >= 15 is 0 Å². The van der Waals surface area contributed by atoms with E-state index in [1.54, 1.807) is 24.3 Å². The number of sulfonamides is 1. The Morgan fingerprint density at radius 1 is 1.11 bits per heavy atom. The van der Waals surface area contributed by atoms with Gasteiger partial charge in [-0.3, -0.25) is 4.79 Å². The first kappa shape index (κ1) is 21.5. The quantitative estimate of drug-likeness (QED) is 0.578. The largest absolute Gasteiger partial charge is 0.396 e. The normalized spacial score (nSPS) is 11.6. The third kappa shape index (κ3) is 5.84. The standard InChI is InChI=1S/C18H21Cl2N3O3S/c1-11(2)12-3-5-14(6-4-12)27(25,26)22-8-7-17(24)23-13-9-15(19)18(21)16(20)10-13/h3-6,9-11,22H,7-8,21H2,1-2H3,(H,23,24). The lowest BCUT2D eigenvalue weighted by molar-refractivity contribution is -0.116. The van der Waals surface area contributed by atoms with Crippen molar-refractivity contribution in [3.8, 4) is 0 Å². The highest BCUT2D eigenvalue weighted by Crippen LogP contribution is 2.31. The van der Waals surface area contributed by atoms with Crippen LogP contribution in [0.3, 0.4) is 0 Å². The average molecular weight is 430 g/mol. The van der Waals surface area contributed by atoms with Crippen molar-refractivity contribution in [1.82, 2.24) is 4.72 Å². The molecule has 2 rings (SSSR count). The highest BCUT2D eigenvalue weighted by atomic mass is 35.5. The summed E-state index contributed by atoms with van der Waals surface area (Å²) in [6.07, 6.45) is -0.0527. The monoisotopic (exact) mass is 429 g/mol. The van der Waals surface area contributed by atoms with E-state index in [2.05, 4.69) is 10.0 Å². The van der Waals surface area contributed by atoms with Crippen LogP contribution in [0.1, 0.15) is 31.7 Å². The summed E-state index contributed by atoms with van der Waals surface area (Å²) in [6, 6.07) is 9.61. The van der Waals surface area contributed by atoms with Gasteiger partial charge in [0.25, 0.3) is 0 Å². The SMILES string of the molecule is CC(C)c1ccc(S(=O)(=O)NCCC(=O)Nc2cc(Cl)c(N)c(Cl)c2)cc1. The van der Waals surface area contributed by atoms with Gasteiger partial charge >= 0.3 is 0 Å². The van der Waals surface area contributed by atoms with Gasteiger partial charge in [0.1, 0.15) is 0 Å². The second-order valence-corrected chi connectivity index (χ2v) is 8.85. The second kappa shape index (κ2) is 8.93. The van der Waals surface area contributed by atoms with E-state index in [0.717, 1.165) is 5.56 Å². The van der Waals surface area contributed by atoms with Gasteiger partial charge in [-0.05, 0) is 35.7 Å². The third-order valence-corrected chi connectivity index (χ3v) is 5.97. The fourth-order valence-electron chi connectivity index (χ4n) is 2.29. The zero-order chi connectivity index (χ0) is 20.2. The molecule has 0 unspecified atom stereocenters. The summed E-state index contributed by atoms with van der Waals surface area (Å²) in [4.78, 5) is 12.2. The number of nitrogen functional groups attached to an aromatic ring is 1. The van der Waals surface area contributed by atoms with Crippen LogP contribution in [0.15, 0.2) is 41.3 Å². The second-order valence-electron chi connectivity index (χ2n) is 6.27. The summed E-state index contributed by atoms with van der Waals surface area (Å²) in [6.45, 7) is 4.01. The van der Waals surface area contributed by atoms with E-state index in [1.165, 1.54) is 12.1 Å². The van der Waals surface area contributed by atoms with Crippen molar-refractivity contribution >= 4 is 50.5 Å². The molecular weight excluding hydrogens is 409 g/mol. The van der Waals surface area contributed by atoms with E-state index in [4.69, 9.17) is 28.9 Å². The molecule has 4 N–H and O–H groups in total. The summed E-state index contributed by atoms with van der Waals surface area (Å²) < 4.78 is 27.0. The fourth-order valence-corrected chi connectivity index (χ4v) is 3.81. The molecule has 0 spiro atoms. The van der Waals surface area contributed by atoms with Crippen LogP contribution in [0.2, 0.25) is 10.0 Å². The molecule has 0 radical (unpaired) electrons. The molecule has 146 valence electrons. The van der Waals surface area contributed by atoms with Gasteiger partial charge in [-0.15, -0.1) is 0 Å². The topological polar surface area (TPSA) is 101 Å². The first-order valence-corrected chi connectivity index (χ1v) is 10.5. The molecule has 0 aliphatic rings. The number of benzene rings is 2. The predicted molar refractivity (Wildman–Crippen MR) is 110 cm³/mol. The highest BCUT2D eigenvalue weighted by molar-refractivity contribution is 7.89. The third-order valence-electron chi connectivity index (χ3n) is 3.86. The molecule has 1 amide bonds. The zero-order valence-corrected chi connectivity index (χ0v) is 17.3. The number of hydrogen-bond donors (Lipinski definition) is 3. The Balaban J connectivity index is 1.92. The van der Waals surface area contributed by atoms with E-state index in [9.17, 15) is 13.2 Å². The molecule has 0 aromatic heterocycles. The van der Waals surface area contributed by atoms with Crippen LogP contribution < -0.4 is 15.8 Å². The van der Waals surface area contributed by atoms with Gasteiger partial charge in [0.2, 0.25) is 15.9 Å². The lowest BCUT2D eigenvalue weighted by Gasteiger charge is -2.10. The summed E-state index contributed by atoms with van der Waals surface area (Å²) in [5.41, 5.74) is 7.30. The molecular formula is C18H21Cl2N3O3S. The predicted octanol–water partition coefficient (Wildman–Crippen LogP) is 4.01. The number of nitrogens with one attached hydrogen (secondary N) is 2. The van der Waals surface area contributed by atoms with Crippen molar-refractivity contribution in [2.75, 3.05) is 17.6 Å². The molecule has 0 heterocycles. The lowest BCUT2D eigenvalue weighted by atomic mass is 10.0. The summed E-state index contributed by atoms with van der Waals surface area (Å²) >= 11 is 11.8. The minimum atomic E-state index is -3.68. The average Bonchev–Trinajstić information content (AvgIpc) is 2.59. The van der Waals surface area contributed by atoms with Gasteiger partial charge < -0.3 is 11.1 Å².